The van der Waals surface area contributed by atoms with Gasteiger partial charge >= 0.3 is 5.15 Å². The third kappa shape index (κ3) is 1.39. The van der Waals surface area contributed by atoms with Crippen LogP contribution in [0.2, 0.25) is 5.15 Å². The summed E-state index contributed by atoms with van der Waals surface area (Å²) in [6, 6.07) is 0. The number of hydrogen-bond acceptors (Lipinski definition) is 0. The lowest BCUT2D eigenvalue weighted by atomic mass is 10.7. The Labute approximate surface area is 59.3 Å². The lowest BCUT2D eigenvalue weighted by Gasteiger charge is -1.85. The van der Waals surface area contributed by atoms with E-state index in [0.717, 1.165) is 5.15 Å². The minimum absolute atomic E-state index is 0.736. The highest BCUT2D eigenvalue weighted by Gasteiger charge is 2.05. The zero-order valence-corrected chi connectivity index (χ0v) is 6.26. The fraction of sp³-hybridized carbons (Fsp3) is 0.333. The normalized spacial score (nSPS) is 9.67. The molecule has 0 unspecified atom stereocenters. The Balaban J connectivity index is 3.17. The van der Waals surface area contributed by atoms with E-state index in [1.165, 1.54) is 0 Å². The number of nitrogens with zero attached hydrogens (tertiary/aromatic N) is 2. The molecule has 0 aliphatic heterocycles. The van der Waals surface area contributed by atoms with Crippen molar-refractivity contribution >= 4 is 11.6 Å². The molecule has 1 aromatic heterocycles. The predicted octanol–water partition coefficient (Wildman–Crippen LogP) is -0.0110. The predicted molar refractivity (Wildman–Crippen MR) is 33.8 cm³/mol. The SMILES string of the molecule is C[n+]1cc[n+](C)c(Cl)c1. The van der Waals surface area contributed by atoms with Crippen LogP contribution in [0.3, 0.4) is 0 Å². The van der Waals surface area contributed by atoms with Crippen LogP contribution in [-0.4, -0.2) is 0 Å². The van der Waals surface area contributed by atoms with Crippen LogP contribution in [0, 0.1) is 0 Å². The average molecular weight is 145 g/mol. The molecule has 0 amide bonds. The number of halogens is 1. The molecule has 1 aromatic rings. The van der Waals surface area contributed by atoms with Gasteiger partial charge in [-0.3, -0.25) is 0 Å². The Morgan fingerprint density at radius 1 is 1.33 bits per heavy atom. The number of aromatic nitrogens is 2. The summed E-state index contributed by atoms with van der Waals surface area (Å²) in [6.07, 6.45) is 5.69. The molecule has 0 aromatic carbocycles. The summed E-state index contributed by atoms with van der Waals surface area (Å²) in [7, 11) is 3.84. The third-order valence-corrected chi connectivity index (χ3v) is 1.54. The fourth-order valence-electron chi connectivity index (χ4n) is 0.578. The molecule has 0 fully saturated rings. The molecule has 0 bridgehead atoms. The van der Waals surface area contributed by atoms with Crippen molar-refractivity contribution in [3.05, 3.63) is 23.7 Å². The van der Waals surface area contributed by atoms with Crippen molar-refractivity contribution < 1.29 is 9.13 Å². The number of aryl methyl sites for hydroxylation is 2. The van der Waals surface area contributed by atoms with E-state index < -0.39 is 0 Å². The van der Waals surface area contributed by atoms with Crippen LogP contribution < -0.4 is 9.13 Å². The molecule has 0 radical (unpaired) electrons. The summed E-state index contributed by atoms with van der Waals surface area (Å²) < 4.78 is 3.75. The van der Waals surface area contributed by atoms with Crippen molar-refractivity contribution in [2.24, 2.45) is 14.1 Å². The quantitative estimate of drug-likeness (QED) is 0.453. The van der Waals surface area contributed by atoms with Crippen LogP contribution in [0.1, 0.15) is 0 Å². The summed E-state index contributed by atoms with van der Waals surface area (Å²) in [5.74, 6) is 0. The van der Waals surface area contributed by atoms with E-state index >= 15 is 0 Å². The molecule has 48 valence electrons. The maximum Gasteiger partial charge on any atom is 0.339 e. The molecular formula is C6H9ClN2+2. The molecule has 1 heterocycles. The van der Waals surface area contributed by atoms with E-state index in [2.05, 4.69) is 0 Å². The number of hydrogen-bond donors (Lipinski definition) is 0. The minimum Gasteiger partial charge on any atom is -0.196 e. The zero-order chi connectivity index (χ0) is 6.85. The lowest BCUT2D eigenvalue weighted by molar-refractivity contribution is -0.725. The van der Waals surface area contributed by atoms with Crippen LogP contribution in [0.15, 0.2) is 18.6 Å². The van der Waals surface area contributed by atoms with E-state index in [0.29, 0.717) is 0 Å². The van der Waals surface area contributed by atoms with Gasteiger partial charge < -0.3 is 0 Å². The Morgan fingerprint density at radius 2 is 2.00 bits per heavy atom. The Kier molecular flexibility index (Phi) is 1.67. The first-order valence-electron chi connectivity index (χ1n) is 2.70. The van der Waals surface area contributed by atoms with Crippen LogP contribution >= 0.6 is 11.6 Å². The smallest absolute Gasteiger partial charge is 0.196 e. The largest absolute Gasteiger partial charge is 0.339 e. The molecule has 1 rings (SSSR count). The monoisotopic (exact) mass is 144 g/mol. The summed E-state index contributed by atoms with van der Waals surface area (Å²) in [5, 5.41) is 0.736. The van der Waals surface area contributed by atoms with E-state index in [-0.39, 0.29) is 0 Å². The highest BCUT2D eigenvalue weighted by molar-refractivity contribution is 6.28. The van der Waals surface area contributed by atoms with Crippen molar-refractivity contribution in [3.8, 4) is 0 Å². The van der Waals surface area contributed by atoms with Gasteiger partial charge in [0.25, 0.3) is 6.20 Å². The minimum atomic E-state index is 0.736. The van der Waals surface area contributed by atoms with Gasteiger partial charge in [-0.05, 0) is 11.6 Å². The van der Waals surface area contributed by atoms with Gasteiger partial charge in [0.15, 0.2) is 0 Å². The van der Waals surface area contributed by atoms with Gasteiger partial charge in [0.1, 0.15) is 14.1 Å². The second kappa shape index (κ2) is 2.31. The highest BCUT2D eigenvalue weighted by atomic mass is 35.5. The first-order valence-corrected chi connectivity index (χ1v) is 3.08. The van der Waals surface area contributed by atoms with Gasteiger partial charge in [-0.2, -0.15) is 9.13 Å². The summed E-state index contributed by atoms with van der Waals surface area (Å²) in [4.78, 5) is 0. The van der Waals surface area contributed by atoms with Crippen molar-refractivity contribution in [3.63, 3.8) is 0 Å². The second-order valence-electron chi connectivity index (χ2n) is 2.03. The first-order chi connectivity index (χ1) is 4.20. The first kappa shape index (κ1) is 6.49. The molecule has 2 nitrogen and oxygen atoms in total. The van der Waals surface area contributed by atoms with Gasteiger partial charge in [-0.25, -0.2) is 0 Å². The van der Waals surface area contributed by atoms with E-state index in [1.54, 1.807) is 0 Å². The summed E-state index contributed by atoms with van der Waals surface area (Å²) in [5.41, 5.74) is 0. The maximum atomic E-state index is 5.76. The van der Waals surface area contributed by atoms with E-state index in [4.69, 9.17) is 11.6 Å². The Bertz CT molecular complexity index is 222. The van der Waals surface area contributed by atoms with Gasteiger partial charge in [0.2, 0.25) is 12.4 Å². The second-order valence-corrected chi connectivity index (χ2v) is 2.41. The third-order valence-electron chi connectivity index (χ3n) is 1.17. The number of rotatable bonds is 0. The van der Waals surface area contributed by atoms with Crippen LogP contribution in [0.4, 0.5) is 0 Å². The van der Waals surface area contributed by atoms with Crippen molar-refractivity contribution in [1.29, 1.82) is 0 Å². The van der Waals surface area contributed by atoms with Crippen LogP contribution in [-0.2, 0) is 14.1 Å². The maximum absolute atomic E-state index is 5.76. The van der Waals surface area contributed by atoms with Crippen molar-refractivity contribution in [1.82, 2.24) is 0 Å². The van der Waals surface area contributed by atoms with Gasteiger partial charge in [0, 0.05) is 0 Å². The van der Waals surface area contributed by atoms with Gasteiger partial charge in [0.05, 0.1) is 0 Å². The molecule has 0 spiro atoms. The Hall–Kier alpha value is -0.630. The van der Waals surface area contributed by atoms with Crippen LogP contribution in [0.5, 0.6) is 0 Å². The Morgan fingerprint density at radius 3 is 2.44 bits per heavy atom. The standard InChI is InChI=1S/C6H9ClN2/c1-8-3-4-9(2)6(7)5-8/h3-5H,1-2H3/q+2. The average Bonchev–Trinajstić information content (AvgIpc) is 1.80. The molecular weight excluding hydrogens is 136 g/mol. The van der Waals surface area contributed by atoms with Crippen LogP contribution in [0.25, 0.3) is 0 Å². The van der Waals surface area contributed by atoms with E-state index in [1.807, 2.05) is 41.8 Å². The van der Waals surface area contributed by atoms with Crippen molar-refractivity contribution in [2.45, 2.75) is 0 Å². The molecule has 0 atom stereocenters. The van der Waals surface area contributed by atoms with E-state index in [9.17, 15) is 0 Å². The molecule has 0 N–H and O–H groups in total. The summed E-state index contributed by atoms with van der Waals surface area (Å²) >= 11 is 5.76. The molecule has 9 heavy (non-hydrogen) atoms. The molecule has 0 aliphatic carbocycles. The van der Waals surface area contributed by atoms with Crippen molar-refractivity contribution in [2.75, 3.05) is 0 Å². The summed E-state index contributed by atoms with van der Waals surface area (Å²) in [6.45, 7) is 0. The van der Waals surface area contributed by atoms with Gasteiger partial charge in [-0.1, -0.05) is 0 Å². The molecule has 3 heteroatoms. The lowest BCUT2D eigenvalue weighted by Crippen LogP contribution is -2.37. The van der Waals surface area contributed by atoms with Gasteiger partial charge in [-0.15, -0.1) is 0 Å². The molecule has 0 aliphatic rings. The fourth-order valence-corrected chi connectivity index (χ4v) is 0.789. The zero-order valence-electron chi connectivity index (χ0n) is 5.50. The highest BCUT2D eigenvalue weighted by Crippen LogP contribution is 1.91. The topological polar surface area (TPSA) is 7.76 Å². The molecule has 0 saturated carbocycles. The molecule has 0 saturated heterocycles.